The van der Waals surface area contributed by atoms with Gasteiger partial charge in [-0.25, -0.2) is 0 Å². The molecule has 0 saturated heterocycles. The highest BCUT2D eigenvalue weighted by molar-refractivity contribution is 5.53. The number of halogens is 3. The molecule has 0 aliphatic rings. The average molecular weight is 307 g/mol. The monoisotopic (exact) mass is 307 g/mol. The van der Waals surface area contributed by atoms with Gasteiger partial charge in [-0.1, -0.05) is 13.8 Å². The highest BCUT2D eigenvalue weighted by Crippen LogP contribution is 2.21. The van der Waals surface area contributed by atoms with Crippen molar-refractivity contribution < 1.29 is 22.6 Å². The van der Waals surface area contributed by atoms with Gasteiger partial charge in [0.25, 0.3) is 0 Å². The summed E-state index contributed by atoms with van der Waals surface area (Å²) in [4.78, 5) is 4.15. The van der Waals surface area contributed by atoms with E-state index in [1.165, 1.54) is 0 Å². The third-order valence-corrected chi connectivity index (χ3v) is 2.26. The number of nitrogen functional groups attached to an aromatic ring is 1. The maximum absolute atomic E-state index is 11.9. The molecule has 0 spiro atoms. The Hall–Kier alpha value is -1.70. The largest absolute Gasteiger partial charge is 0.476 e. The molecular weight excluding hydrogens is 287 g/mol. The average Bonchev–Trinajstić information content (AvgIpc) is 2.37. The number of nitrogens with two attached hydrogens (primary N) is 1. The molecule has 21 heavy (non-hydrogen) atoms. The van der Waals surface area contributed by atoms with E-state index in [-0.39, 0.29) is 13.2 Å². The molecule has 0 radical (unpaired) electrons. The SMILES string of the molecule is CC(C)COc1nc(NCCOCC(F)(F)F)ccc1N. The van der Waals surface area contributed by atoms with E-state index in [2.05, 4.69) is 15.0 Å². The molecule has 5 nitrogen and oxygen atoms in total. The van der Waals surface area contributed by atoms with Crippen LogP contribution in [0.3, 0.4) is 0 Å². The van der Waals surface area contributed by atoms with Gasteiger partial charge in [0.1, 0.15) is 12.4 Å². The standard InChI is InChI=1S/C13H20F3N3O2/c1-9(2)7-21-12-10(17)3-4-11(19-12)18-5-6-20-8-13(14,15)16/h3-4,9H,5-8,17H2,1-2H3,(H,18,19). The van der Waals surface area contributed by atoms with Crippen LogP contribution >= 0.6 is 0 Å². The Morgan fingerprint density at radius 2 is 2.05 bits per heavy atom. The van der Waals surface area contributed by atoms with Gasteiger partial charge in [0.15, 0.2) is 0 Å². The number of nitrogens with one attached hydrogen (secondary N) is 1. The quantitative estimate of drug-likeness (QED) is 0.723. The first kappa shape index (κ1) is 17.4. The number of pyridine rings is 1. The summed E-state index contributed by atoms with van der Waals surface area (Å²) in [6, 6.07) is 3.25. The number of ether oxygens (including phenoxy) is 2. The van der Waals surface area contributed by atoms with Crippen LogP contribution in [0.2, 0.25) is 0 Å². The number of hydrogen-bond donors (Lipinski definition) is 2. The second-order valence-electron chi connectivity index (χ2n) is 4.89. The van der Waals surface area contributed by atoms with Crippen molar-refractivity contribution in [2.45, 2.75) is 20.0 Å². The second-order valence-corrected chi connectivity index (χ2v) is 4.89. The summed E-state index contributed by atoms with van der Waals surface area (Å²) in [6.45, 7) is 3.35. The van der Waals surface area contributed by atoms with Gasteiger partial charge in [-0.2, -0.15) is 18.2 Å². The summed E-state index contributed by atoms with van der Waals surface area (Å²) in [7, 11) is 0. The Morgan fingerprint density at radius 1 is 1.33 bits per heavy atom. The lowest BCUT2D eigenvalue weighted by atomic mass is 10.2. The zero-order chi connectivity index (χ0) is 15.9. The number of rotatable bonds is 8. The Bertz CT molecular complexity index is 439. The first-order chi connectivity index (χ1) is 9.78. The zero-order valence-corrected chi connectivity index (χ0v) is 12.0. The number of anilines is 2. The smallest absolute Gasteiger partial charge is 0.411 e. The predicted octanol–water partition coefficient (Wildman–Crippen LogP) is 2.69. The number of aromatic nitrogens is 1. The fourth-order valence-electron chi connectivity index (χ4n) is 1.35. The lowest BCUT2D eigenvalue weighted by molar-refractivity contribution is -0.172. The minimum atomic E-state index is -4.31. The van der Waals surface area contributed by atoms with E-state index in [1.54, 1.807) is 12.1 Å². The molecule has 0 bridgehead atoms. The van der Waals surface area contributed by atoms with Crippen LogP contribution in [-0.2, 0) is 4.74 Å². The van der Waals surface area contributed by atoms with E-state index in [0.717, 1.165) is 0 Å². The molecule has 0 unspecified atom stereocenters. The van der Waals surface area contributed by atoms with E-state index in [4.69, 9.17) is 10.5 Å². The first-order valence-electron chi connectivity index (χ1n) is 6.55. The molecule has 0 atom stereocenters. The summed E-state index contributed by atoms with van der Waals surface area (Å²) in [5, 5.41) is 2.85. The van der Waals surface area contributed by atoms with Gasteiger partial charge >= 0.3 is 6.18 Å². The van der Waals surface area contributed by atoms with Crippen LogP contribution in [0.15, 0.2) is 12.1 Å². The van der Waals surface area contributed by atoms with E-state index in [9.17, 15) is 13.2 Å². The predicted molar refractivity (Wildman–Crippen MR) is 74.3 cm³/mol. The van der Waals surface area contributed by atoms with Crippen LogP contribution in [-0.4, -0.2) is 37.5 Å². The summed E-state index contributed by atoms with van der Waals surface area (Å²) < 4.78 is 45.5. The van der Waals surface area contributed by atoms with Crippen molar-refractivity contribution in [1.82, 2.24) is 4.98 Å². The van der Waals surface area contributed by atoms with E-state index >= 15 is 0 Å². The van der Waals surface area contributed by atoms with Crippen LogP contribution in [0.25, 0.3) is 0 Å². The Balaban J connectivity index is 2.40. The molecule has 0 amide bonds. The van der Waals surface area contributed by atoms with Crippen molar-refractivity contribution in [2.24, 2.45) is 5.92 Å². The van der Waals surface area contributed by atoms with E-state index < -0.39 is 12.8 Å². The first-order valence-corrected chi connectivity index (χ1v) is 6.55. The van der Waals surface area contributed by atoms with Crippen LogP contribution in [0.1, 0.15) is 13.8 Å². The number of nitrogens with zero attached hydrogens (tertiary/aromatic N) is 1. The number of alkyl halides is 3. The van der Waals surface area contributed by atoms with Gasteiger partial charge in [-0.15, -0.1) is 0 Å². The fraction of sp³-hybridized carbons (Fsp3) is 0.615. The molecule has 1 heterocycles. The van der Waals surface area contributed by atoms with Crippen molar-refractivity contribution in [1.29, 1.82) is 0 Å². The molecule has 1 aromatic heterocycles. The lowest BCUT2D eigenvalue weighted by Crippen LogP contribution is -2.20. The summed E-state index contributed by atoms with van der Waals surface area (Å²) in [6.07, 6.45) is -4.31. The van der Waals surface area contributed by atoms with Gasteiger partial charge in [0.05, 0.1) is 18.9 Å². The minimum Gasteiger partial charge on any atom is -0.476 e. The topological polar surface area (TPSA) is 69.4 Å². The van der Waals surface area contributed by atoms with Crippen LogP contribution < -0.4 is 15.8 Å². The molecule has 1 rings (SSSR count). The van der Waals surface area contributed by atoms with Gasteiger partial charge in [-0.05, 0) is 18.1 Å². The molecule has 0 aliphatic heterocycles. The maximum Gasteiger partial charge on any atom is 0.411 e. The fourth-order valence-corrected chi connectivity index (χ4v) is 1.35. The number of hydrogen-bond acceptors (Lipinski definition) is 5. The van der Waals surface area contributed by atoms with Crippen molar-refractivity contribution in [2.75, 3.05) is 37.4 Å². The molecule has 120 valence electrons. The Kier molecular flexibility index (Phi) is 6.54. The van der Waals surface area contributed by atoms with E-state index in [1.807, 2.05) is 13.8 Å². The normalized spacial score (nSPS) is 11.7. The molecule has 0 aromatic carbocycles. The van der Waals surface area contributed by atoms with Crippen molar-refractivity contribution in [3.8, 4) is 5.88 Å². The molecule has 0 saturated carbocycles. The van der Waals surface area contributed by atoms with Crippen molar-refractivity contribution in [3.63, 3.8) is 0 Å². The van der Waals surface area contributed by atoms with Crippen LogP contribution in [0.4, 0.5) is 24.7 Å². The van der Waals surface area contributed by atoms with Gasteiger partial charge in [-0.3, -0.25) is 0 Å². The molecule has 1 aromatic rings. The minimum absolute atomic E-state index is 0.0756. The molecule has 0 fully saturated rings. The Morgan fingerprint density at radius 3 is 2.67 bits per heavy atom. The highest BCUT2D eigenvalue weighted by Gasteiger charge is 2.27. The molecule has 8 heteroatoms. The third kappa shape index (κ3) is 7.60. The third-order valence-electron chi connectivity index (χ3n) is 2.26. The van der Waals surface area contributed by atoms with Crippen LogP contribution in [0.5, 0.6) is 5.88 Å². The maximum atomic E-state index is 11.9. The molecule has 0 aliphatic carbocycles. The summed E-state index contributed by atoms with van der Waals surface area (Å²) >= 11 is 0. The van der Waals surface area contributed by atoms with Gasteiger partial charge < -0.3 is 20.5 Å². The zero-order valence-electron chi connectivity index (χ0n) is 12.0. The molecular formula is C13H20F3N3O2. The summed E-state index contributed by atoms with van der Waals surface area (Å²) in [5.41, 5.74) is 6.15. The lowest BCUT2D eigenvalue weighted by Gasteiger charge is -2.12. The highest BCUT2D eigenvalue weighted by atomic mass is 19.4. The van der Waals surface area contributed by atoms with Gasteiger partial charge in [0, 0.05) is 6.54 Å². The van der Waals surface area contributed by atoms with Crippen molar-refractivity contribution >= 4 is 11.5 Å². The second kappa shape index (κ2) is 7.92. The van der Waals surface area contributed by atoms with Crippen molar-refractivity contribution in [3.05, 3.63) is 12.1 Å². The van der Waals surface area contributed by atoms with Gasteiger partial charge in [0.2, 0.25) is 5.88 Å². The van der Waals surface area contributed by atoms with Crippen LogP contribution in [0, 0.1) is 5.92 Å². The summed E-state index contributed by atoms with van der Waals surface area (Å²) in [5.74, 6) is 1.11. The van der Waals surface area contributed by atoms with E-state index in [0.29, 0.717) is 29.9 Å². The Labute approximate surface area is 121 Å². The molecule has 3 N–H and O–H groups in total.